The van der Waals surface area contributed by atoms with E-state index in [1.54, 1.807) is 21.3 Å². The molecule has 0 spiro atoms. The predicted molar refractivity (Wildman–Crippen MR) is 75.2 cm³/mol. The maximum Gasteiger partial charge on any atom is 0.191 e. The van der Waals surface area contributed by atoms with Crippen LogP contribution in [0.1, 0.15) is 6.42 Å². The molecule has 0 aromatic carbocycles. The van der Waals surface area contributed by atoms with E-state index < -0.39 is 0 Å². The van der Waals surface area contributed by atoms with Gasteiger partial charge < -0.3 is 25.0 Å². The van der Waals surface area contributed by atoms with Gasteiger partial charge in [0, 0.05) is 54.1 Å². The predicted octanol–water partition coefficient (Wildman–Crippen LogP) is -0.234. The van der Waals surface area contributed by atoms with Gasteiger partial charge in [0.2, 0.25) is 0 Å². The van der Waals surface area contributed by atoms with E-state index in [0.29, 0.717) is 6.61 Å². The zero-order valence-corrected chi connectivity index (χ0v) is 12.2. The summed E-state index contributed by atoms with van der Waals surface area (Å²) in [6, 6.07) is 0. The standard InChI is InChI=1S/C12H28N4O2/c1-13-12(15-7-11-18-4)14-6-9-16(2)8-5-10-17-3/h5-11H2,1-4H3,(H2,13,14,15). The summed E-state index contributed by atoms with van der Waals surface area (Å²) in [6.45, 7) is 5.16. The highest BCUT2D eigenvalue weighted by molar-refractivity contribution is 5.79. The Bertz CT molecular complexity index is 212. The molecule has 0 heterocycles. The van der Waals surface area contributed by atoms with E-state index in [1.165, 1.54) is 0 Å². The molecule has 0 aromatic heterocycles. The summed E-state index contributed by atoms with van der Waals surface area (Å²) in [7, 11) is 7.30. The molecule has 0 bridgehead atoms. The lowest BCUT2D eigenvalue weighted by molar-refractivity contribution is 0.180. The van der Waals surface area contributed by atoms with E-state index in [0.717, 1.165) is 45.2 Å². The summed E-state index contributed by atoms with van der Waals surface area (Å²) in [5.74, 6) is 0.817. The first-order chi connectivity index (χ1) is 8.74. The van der Waals surface area contributed by atoms with Crippen molar-refractivity contribution in [1.82, 2.24) is 15.5 Å². The van der Waals surface area contributed by atoms with Gasteiger partial charge in [0.25, 0.3) is 0 Å². The summed E-state index contributed by atoms with van der Waals surface area (Å²) in [4.78, 5) is 6.40. The number of ether oxygens (including phenoxy) is 2. The molecule has 0 saturated heterocycles. The number of likely N-dealkylation sites (N-methyl/N-ethyl adjacent to an activating group) is 1. The second kappa shape index (κ2) is 12.6. The number of aliphatic imine (C=N–C) groups is 1. The molecule has 0 aliphatic carbocycles. The van der Waals surface area contributed by atoms with Crippen molar-refractivity contribution in [2.24, 2.45) is 4.99 Å². The maximum absolute atomic E-state index is 5.02. The average Bonchev–Trinajstić information content (AvgIpc) is 2.37. The highest BCUT2D eigenvalue weighted by atomic mass is 16.5. The van der Waals surface area contributed by atoms with Gasteiger partial charge in [0.05, 0.1) is 6.61 Å². The Morgan fingerprint density at radius 3 is 2.33 bits per heavy atom. The Morgan fingerprint density at radius 2 is 1.72 bits per heavy atom. The number of methoxy groups -OCH3 is 2. The van der Waals surface area contributed by atoms with Gasteiger partial charge in [-0.05, 0) is 13.5 Å². The van der Waals surface area contributed by atoms with Crippen LogP contribution in [0.2, 0.25) is 0 Å². The van der Waals surface area contributed by atoms with Crippen LogP contribution >= 0.6 is 0 Å². The molecule has 0 atom stereocenters. The van der Waals surface area contributed by atoms with E-state index in [9.17, 15) is 0 Å². The Balaban J connectivity index is 3.54. The average molecular weight is 260 g/mol. The number of hydrogen-bond acceptors (Lipinski definition) is 4. The molecule has 0 aliphatic heterocycles. The lowest BCUT2D eigenvalue weighted by Crippen LogP contribution is -2.42. The summed E-state index contributed by atoms with van der Waals surface area (Å²) < 4.78 is 9.99. The third-order valence-electron chi connectivity index (χ3n) is 2.50. The zero-order valence-electron chi connectivity index (χ0n) is 12.2. The Kier molecular flexibility index (Phi) is 12.0. The van der Waals surface area contributed by atoms with Crippen LogP contribution in [0, 0.1) is 0 Å². The molecule has 18 heavy (non-hydrogen) atoms. The Labute approximate surface area is 111 Å². The number of nitrogens with one attached hydrogen (secondary N) is 2. The lowest BCUT2D eigenvalue weighted by atomic mass is 10.4. The molecule has 0 radical (unpaired) electrons. The van der Waals surface area contributed by atoms with Gasteiger partial charge in [-0.3, -0.25) is 4.99 Å². The minimum absolute atomic E-state index is 0.678. The molecular weight excluding hydrogens is 232 g/mol. The minimum Gasteiger partial charge on any atom is -0.385 e. The summed E-state index contributed by atoms with van der Waals surface area (Å²) in [5.41, 5.74) is 0. The molecular formula is C12H28N4O2. The van der Waals surface area contributed by atoms with Gasteiger partial charge >= 0.3 is 0 Å². The maximum atomic E-state index is 5.02. The van der Waals surface area contributed by atoms with Gasteiger partial charge in [-0.15, -0.1) is 0 Å². The number of nitrogens with zero attached hydrogens (tertiary/aromatic N) is 2. The largest absolute Gasteiger partial charge is 0.385 e. The molecule has 0 aliphatic rings. The van der Waals surface area contributed by atoms with Gasteiger partial charge in [0.1, 0.15) is 0 Å². The first kappa shape index (κ1) is 17.2. The fourth-order valence-corrected chi connectivity index (χ4v) is 1.45. The fraction of sp³-hybridized carbons (Fsp3) is 0.917. The molecule has 0 amide bonds. The number of rotatable bonds is 10. The van der Waals surface area contributed by atoms with Crippen LogP contribution in [0.5, 0.6) is 0 Å². The SMILES string of the molecule is CN=C(NCCOC)NCCN(C)CCCOC. The molecule has 6 heteroatoms. The molecule has 0 saturated carbocycles. The second-order valence-corrected chi connectivity index (χ2v) is 4.07. The van der Waals surface area contributed by atoms with E-state index in [4.69, 9.17) is 9.47 Å². The van der Waals surface area contributed by atoms with Crippen molar-refractivity contribution in [3.05, 3.63) is 0 Å². The van der Waals surface area contributed by atoms with Crippen LogP contribution in [0.15, 0.2) is 4.99 Å². The monoisotopic (exact) mass is 260 g/mol. The van der Waals surface area contributed by atoms with Gasteiger partial charge in [-0.25, -0.2) is 0 Å². The topological polar surface area (TPSA) is 58.1 Å². The van der Waals surface area contributed by atoms with Crippen molar-refractivity contribution in [3.8, 4) is 0 Å². The normalized spacial score (nSPS) is 11.9. The summed E-state index contributed by atoms with van der Waals surface area (Å²) in [6.07, 6.45) is 1.06. The molecule has 0 rings (SSSR count). The lowest BCUT2D eigenvalue weighted by Gasteiger charge is -2.18. The highest BCUT2D eigenvalue weighted by Crippen LogP contribution is 1.86. The van der Waals surface area contributed by atoms with Crippen molar-refractivity contribution in [1.29, 1.82) is 0 Å². The number of hydrogen-bond donors (Lipinski definition) is 2. The molecule has 0 unspecified atom stereocenters. The van der Waals surface area contributed by atoms with Crippen molar-refractivity contribution in [3.63, 3.8) is 0 Å². The first-order valence-corrected chi connectivity index (χ1v) is 6.35. The van der Waals surface area contributed by atoms with Crippen LogP contribution in [-0.4, -0.2) is 78.6 Å². The van der Waals surface area contributed by atoms with Gasteiger partial charge in [-0.1, -0.05) is 0 Å². The molecule has 0 fully saturated rings. The second-order valence-electron chi connectivity index (χ2n) is 4.07. The van der Waals surface area contributed by atoms with Crippen molar-refractivity contribution >= 4 is 5.96 Å². The van der Waals surface area contributed by atoms with Crippen molar-refractivity contribution in [2.75, 3.05) is 67.7 Å². The van der Waals surface area contributed by atoms with Crippen LogP contribution in [0.4, 0.5) is 0 Å². The van der Waals surface area contributed by atoms with Crippen molar-refractivity contribution < 1.29 is 9.47 Å². The van der Waals surface area contributed by atoms with E-state index in [2.05, 4.69) is 27.6 Å². The molecule has 2 N–H and O–H groups in total. The van der Waals surface area contributed by atoms with Gasteiger partial charge in [-0.2, -0.15) is 0 Å². The summed E-state index contributed by atoms with van der Waals surface area (Å²) >= 11 is 0. The Hall–Kier alpha value is -0.850. The van der Waals surface area contributed by atoms with Crippen molar-refractivity contribution in [2.45, 2.75) is 6.42 Å². The molecule has 6 nitrogen and oxygen atoms in total. The van der Waals surface area contributed by atoms with E-state index >= 15 is 0 Å². The molecule has 0 aromatic rings. The smallest absolute Gasteiger partial charge is 0.191 e. The third kappa shape index (κ3) is 10.3. The quantitative estimate of drug-likeness (QED) is 0.323. The first-order valence-electron chi connectivity index (χ1n) is 6.35. The van der Waals surface area contributed by atoms with Crippen LogP contribution in [-0.2, 0) is 9.47 Å². The minimum atomic E-state index is 0.678. The van der Waals surface area contributed by atoms with E-state index in [1.807, 2.05) is 0 Å². The zero-order chi connectivity index (χ0) is 13.6. The van der Waals surface area contributed by atoms with Crippen LogP contribution in [0.3, 0.4) is 0 Å². The van der Waals surface area contributed by atoms with Gasteiger partial charge in [0.15, 0.2) is 5.96 Å². The summed E-state index contributed by atoms with van der Waals surface area (Å²) in [5, 5.41) is 6.43. The van der Waals surface area contributed by atoms with Crippen LogP contribution < -0.4 is 10.6 Å². The molecule has 108 valence electrons. The van der Waals surface area contributed by atoms with E-state index in [-0.39, 0.29) is 0 Å². The third-order valence-corrected chi connectivity index (χ3v) is 2.50. The fourth-order valence-electron chi connectivity index (χ4n) is 1.45. The number of guanidine groups is 1. The Morgan fingerprint density at radius 1 is 1.06 bits per heavy atom. The highest BCUT2D eigenvalue weighted by Gasteiger charge is 1.99. The van der Waals surface area contributed by atoms with Crippen LogP contribution in [0.25, 0.3) is 0 Å².